The van der Waals surface area contributed by atoms with E-state index in [-0.39, 0.29) is 0 Å². The summed E-state index contributed by atoms with van der Waals surface area (Å²) < 4.78 is 20.9. The molecule has 0 aromatic rings. The fraction of sp³-hybridized carbons (Fsp3) is 0.800. The standard InChI is InChI=1S/C4H8O2S.CH3NO2/c5-7(6)3-1-2-4-7;2-1(3)4/h1-4H2;2H2,(H,3,4). The Balaban J connectivity index is 0.000000218. The van der Waals surface area contributed by atoms with Crippen LogP contribution in [0.5, 0.6) is 0 Å². The third kappa shape index (κ3) is 7.11. The van der Waals surface area contributed by atoms with Crippen LogP contribution in [0.15, 0.2) is 0 Å². The van der Waals surface area contributed by atoms with Gasteiger partial charge in [0.25, 0.3) is 0 Å². The Morgan fingerprint density at radius 1 is 1.27 bits per heavy atom. The van der Waals surface area contributed by atoms with E-state index in [4.69, 9.17) is 9.90 Å². The average Bonchev–Trinajstić information content (AvgIpc) is 2.11. The Morgan fingerprint density at radius 2 is 1.55 bits per heavy atom. The first-order valence-corrected chi connectivity index (χ1v) is 4.95. The Bertz CT molecular complexity index is 205. The van der Waals surface area contributed by atoms with Crippen LogP contribution in [0.4, 0.5) is 4.79 Å². The molecule has 1 heterocycles. The third-order valence-corrected chi connectivity index (χ3v) is 2.98. The average molecular weight is 181 g/mol. The molecule has 1 aliphatic heterocycles. The van der Waals surface area contributed by atoms with E-state index in [1.807, 2.05) is 0 Å². The summed E-state index contributed by atoms with van der Waals surface area (Å²) in [6.45, 7) is 0. The first-order valence-electron chi connectivity index (χ1n) is 3.13. The first kappa shape index (κ1) is 10.2. The molecule has 6 heteroatoms. The van der Waals surface area contributed by atoms with Crippen molar-refractivity contribution in [1.29, 1.82) is 0 Å². The fourth-order valence-electron chi connectivity index (χ4n) is 0.746. The van der Waals surface area contributed by atoms with Crippen LogP contribution in [-0.4, -0.2) is 31.1 Å². The zero-order valence-corrected chi connectivity index (χ0v) is 6.80. The van der Waals surface area contributed by atoms with Crippen LogP contribution in [-0.2, 0) is 9.84 Å². The third-order valence-electron chi connectivity index (χ3n) is 1.16. The van der Waals surface area contributed by atoms with E-state index in [0.29, 0.717) is 11.5 Å². The summed E-state index contributed by atoms with van der Waals surface area (Å²) in [5, 5.41) is 7.19. The highest BCUT2D eigenvalue weighted by molar-refractivity contribution is 7.91. The monoisotopic (exact) mass is 181 g/mol. The number of rotatable bonds is 0. The molecule has 0 aliphatic carbocycles. The van der Waals surface area contributed by atoms with E-state index in [1.165, 1.54) is 0 Å². The molecule has 0 spiro atoms. The number of primary amides is 1. The van der Waals surface area contributed by atoms with Crippen LogP contribution in [0.1, 0.15) is 12.8 Å². The number of carboxylic acid groups (broad SMARTS) is 1. The van der Waals surface area contributed by atoms with E-state index in [1.54, 1.807) is 0 Å². The van der Waals surface area contributed by atoms with Crippen LogP contribution in [0.3, 0.4) is 0 Å². The Hall–Kier alpha value is -0.780. The van der Waals surface area contributed by atoms with Gasteiger partial charge in [0.1, 0.15) is 9.84 Å². The van der Waals surface area contributed by atoms with Crippen molar-refractivity contribution in [1.82, 2.24) is 0 Å². The van der Waals surface area contributed by atoms with Gasteiger partial charge in [-0.25, -0.2) is 13.2 Å². The predicted molar refractivity (Wildman–Crippen MR) is 40.1 cm³/mol. The summed E-state index contributed by atoms with van der Waals surface area (Å²) in [5.41, 5.74) is 4.03. The van der Waals surface area contributed by atoms with Crippen molar-refractivity contribution < 1.29 is 18.3 Å². The summed E-state index contributed by atoms with van der Waals surface area (Å²) in [5.74, 6) is 0.847. The molecule has 1 amide bonds. The smallest absolute Gasteiger partial charge is 0.402 e. The van der Waals surface area contributed by atoms with Crippen molar-refractivity contribution in [2.75, 3.05) is 11.5 Å². The molecule has 66 valence electrons. The minimum absolute atomic E-state index is 0.424. The molecule has 0 atom stereocenters. The largest absolute Gasteiger partial charge is 0.465 e. The zero-order chi connectivity index (χ0) is 8.91. The van der Waals surface area contributed by atoms with Crippen molar-refractivity contribution >= 4 is 15.9 Å². The molecule has 1 rings (SSSR count). The van der Waals surface area contributed by atoms with E-state index in [0.717, 1.165) is 12.8 Å². The van der Waals surface area contributed by atoms with Gasteiger partial charge in [-0.3, -0.25) is 0 Å². The molecular formula is C5H11NO4S. The van der Waals surface area contributed by atoms with E-state index < -0.39 is 15.9 Å². The maximum atomic E-state index is 10.4. The van der Waals surface area contributed by atoms with Gasteiger partial charge in [-0.05, 0) is 12.8 Å². The maximum absolute atomic E-state index is 10.4. The highest BCUT2D eigenvalue weighted by Crippen LogP contribution is 2.08. The summed E-state index contributed by atoms with van der Waals surface area (Å²) in [7, 11) is -2.55. The molecule has 3 N–H and O–H groups in total. The molecule has 1 saturated heterocycles. The molecule has 0 saturated carbocycles. The lowest BCUT2D eigenvalue weighted by molar-refractivity contribution is 0.205. The van der Waals surface area contributed by atoms with Gasteiger partial charge in [-0.1, -0.05) is 0 Å². The minimum Gasteiger partial charge on any atom is -0.465 e. The lowest BCUT2D eigenvalue weighted by atomic mass is 10.4. The first-order chi connectivity index (χ1) is 4.94. The van der Waals surface area contributed by atoms with Crippen LogP contribution >= 0.6 is 0 Å². The van der Waals surface area contributed by atoms with Gasteiger partial charge in [-0.15, -0.1) is 0 Å². The van der Waals surface area contributed by atoms with Crippen molar-refractivity contribution in [3.8, 4) is 0 Å². The number of sulfone groups is 1. The quantitative estimate of drug-likeness (QED) is 0.541. The van der Waals surface area contributed by atoms with Gasteiger partial charge in [0.2, 0.25) is 0 Å². The second kappa shape index (κ2) is 4.17. The molecule has 0 aromatic heterocycles. The molecule has 0 aromatic carbocycles. The number of carbonyl (C=O) groups is 1. The number of nitrogens with two attached hydrogens (primary N) is 1. The fourth-order valence-corrected chi connectivity index (χ4v) is 2.24. The lowest BCUT2D eigenvalue weighted by Gasteiger charge is -1.81. The van der Waals surface area contributed by atoms with Gasteiger partial charge in [-0.2, -0.15) is 0 Å². The Labute approximate surface area is 65.1 Å². The predicted octanol–water partition coefficient (Wildman–Crippen LogP) is -0.182. The second-order valence-electron chi connectivity index (χ2n) is 2.20. The van der Waals surface area contributed by atoms with Crippen molar-refractivity contribution in [2.24, 2.45) is 5.73 Å². The lowest BCUT2D eigenvalue weighted by Crippen LogP contribution is -2.03. The van der Waals surface area contributed by atoms with Crippen LogP contribution in [0, 0.1) is 0 Å². The van der Waals surface area contributed by atoms with Crippen molar-refractivity contribution in [3.05, 3.63) is 0 Å². The SMILES string of the molecule is NC(=O)O.O=S1(=O)CCCC1. The van der Waals surface area contributed by atoms with Crippen molar-refractivity contribution in [2.45, 2.75) is 12.8 Å². The second-order valence-corrected chi connectivity index (χ2v) is 4.50. The molecule has 5 nitrogen and oxygen atoms in total. The van der Waals surface area contributed by atoms with Crippen LogP contribution < -0.4 is 5.73 Å². The minimum atomic E-state index is -2.55. The molecule has 0 bridgehead atoms. The number of hydrogen-bond acceptors (Lipinski definition) is 3. The summed E-state index contributed by atoms with van der Waals surface area (Å²) in [4.78, 5) is 8.78. The van der Waals surface area contributed by atoms with E-state index in [9.17, 15) is 8.42 Å². The van der Waals surface area contributed by atoms with Crippen LogP contribution in [0.25, 0.3) is 0 Å². The number of hydrogen-bond donors (Lipinski definition) is 2. The summed E-state index contributed by atoms with van der Waals surface area (Å²) >= 11 is 0. The Kier molecular flexibility index (Phi) is 3.88. The van der Waals surface area contributed by atoms with E-state index in [2.05, 4.69) is 5.73 Å². The summed E-state index contributed by atoms with van der Waals surface area (Å²) in [6, 6.07) is 0. The van der Waals surface area contributed by atoms with Crippen LogP contribution in [0.2, 0.25) is 0 Å². The maximum Gasteiger partial charge on any atom is 0.402 e. The van der Waals surface area contributed by atoms with Gasteiger partial charge in [0, 0.05) is 0 Å². The molecular weight excluding hydrogens is 170 g/mol. The summed E-state index contributed by atoms with van der Waals surface area (Å²) in [6.07, 6.45) is 0.421. The van der Waals surface area contributed by atoms with Gasteiger partial charge in [0.05, 0.1) is 11.5 Å². The molecule has 1 fully saturated rings. The van der Waals surface area contributed by atoms with Crippen molar-refractivity contribution in [3.63, 3.8) is 0 Å². The number of amides is 1. The molecule has 0 unspecified atom stereocenters. The highest BCUT2D eigenvalue weighted by atomic mass is 32.2. The molecule has 11 heavy (non-hydrogen) atoms. The molecule has 0 radical (unpaired) electrons. The molecule has 1 aliphatic rings. The highest BCUT2D eigenvalue weighted by Gasteiger charge is 2.16. The Morgan fingerprint density at radius 3 is 1.64 bits per heavy atom. The van der Waals surface area contributed by atoms with Gasteiger partial charge >= 0.3 is 6.09 Å². The zero-order valence-electron chi connectivity index (χ0n) is 5.99. The normalized spacial score (nSPS) is 20.0. The van der Waals surface area contributed by atoms with Gasteiger partial charge < -0.3 is 10.8 Å². The van der Waals surface area contributed by atoms with E-state index >= 15 is 0 Å². The van der Waals surface area contributed by atoms with Gasteiger partial charge in [0.15, 0.2) is 0 Å². The topological polar surface area (TPSA) is 97.5 Å².